The van der Waals surface area contributed by atoms with Crippen molar-refractivity contribution in [2.24, 2.45) is 5.92 Å². The molecule has 1 atom stereocenters. The Morgan fingerprint density at radius 2 is 1.53 bits per heavy atom. The molecule has 1 aliphatic carbocycles. The summed E-state index contributed by atoms with van der Waals surface area (Å²) in [4.78, 5) is 0. The molecule has 0 unspecified atom stereocenters. The number of allylic oxidation sites excluding steroid dienone is 2. The summed E-state index contributed by atoms with van der Waals surface area (Å²) in [5.41, 5.74) is 2.66. The zero-order valence-electron chi connectivity index (χ0n) is 10.7. The molecule has 0 saturated carbocycles. The van der Waals surface area contributed by atoms with Gasteiger partial charge in [0, 0.05) is 6.32 Å². The molecule has 1 fully saturated rings. The van der Waals surface area contributed by atoms with Gasteiger partial charge in [0.2, 0.25) is 0 Å². The van der Waals surface area contributed by atoms with E-state index in [1.807, 2.05) is 0 Å². The highest BCUT2D eigenvalue weighted by Crippen LogP contribution is 2.45. The van der Waals surface area contributed by atoms with Crippen LogP contribution in [0.1, 0.15) is 41.5 Å². The molecule has 0 bridgehead atoms. The van der Waals surface area contributed by atoms with Gasteiger partial charge in [-0.15, -0.1) is 0 Å². The van der Waals surface area contributed by atoms with Crippen LogP contribution in [-0.4, -0.2) is 18.3 Å². The molecule has 1 heterocycles. The Balaban J connectivity index is 1.99. The predicted octanol–water partition coefficient (Wildman–Crippen LogP) is 3.04. The third-order valence-electron chi connectivity index (χ3n) is 4.28. The fourth-order valence-corrected chi connectivity index (χ4v) is 2.12. The van der Waals surface area contributed by atoms with Gasteiger partial charge < -0.3 is 9.31 Å². The first-order valence-electron chi connectivity index (χ1n) is 5.80. The third kappa shape index (κ3) is 1.76. The van der Waals surface area contributed by atoms with Crippen LogP contribution in [0.3, 0.4) is 0 Å². The van der Waals surface area contributed by atoms with E-state index in [2.05, 4.69) is 41.5 Å². The zero-order valence-corrected chi connectivity index (χ0v) is 10.7. The first kappa shape index (κ1) is 11.2. The molecular formula is C12H21BO2. The van der Waals surface area contributed by atoms with Crippen molar-refractivity contribution in [1.82, 2.24) is 0 Å². The molecular weight excluding hydrogens is 187 g/mol. The van der Waals surface area contributed by atoms with Crippen molar-refractivity contribution in [3.63, 3.8) is 0 Å². The SMILES string of the molecule is CC1=C(CB2OC(C)(C)C(C)(C)O2)[C@@H]1C. The van der Waals surface area contributed by atoms with Gasteiger partial charge in [0.1, 0.15) is 0 Å². The van der Waals surface area contributed by atoms with Crippen molar-refractivity contribution in [3.05, 3.63) is 11.1 Å². The minimum atomic E-state index is -0.190. The Morgan fingerprint density at radius 3 is 1.87 bits per heavy atom. The fourth-order valence-electron chi connectivity index (χ4n) is 2.12. The van der Waals surface area contributed by atoms with Crippen LogP contribution >= 0.6 is 0 Å². The molecule has 15 heavy (non-hydrogen) atoms. The van der Waals surface area contributed by atoms with Gasteiger partial charge in [-0.2, -0.15) is 0 Å². The summed E-state index contributed by atoms with van der Waals surface area (Å²) in [6.45, 7) is 12.9. The van der Waals surface area contributed by atoms with E-state index in [1.54, 1.807) is 0 Å². The van der Waals surface area contributed by atoms with Gasteiger partial charge in [0.15, 0.2) is 0 Å². The van der Waals surface area contributed by atoms with Crippen molar-refractivity contribution in [2.75, 3.05) is 0 Å². The second kappa shape index (κ2) is 3.11. The largest absolute Gasteiger partial charge is 0.462 e. The molecule has 1 aliphatic heterocycles. The van der Waals surface area contributed by atoms with Gasteiger partial charge in [-0.1, -0.05) is 18.1 Å². The van der Waals surface area contributed by atoms with Crippen LogP contribution in [0.25, 0.3) is 0 Å². The number of hydrogen-bond acceptors (Lipinski definition) is 2. The van der Waals surface area contributed by atoms with Crippen molar-refractivity contribution in [3.8, 4) is 0 Å². The molecule has 0 N–H and O–H groups in total. The van der Waals surface area contributed by atoms with E-state index in [0.717, 1.165) is 6.32 Å². The van der Waals surface area contributed by atoms with Crippen molar-refractivity contribution >= 4 is 7.12 Å². The van der Waals surface area contributed by atoms with Crippen molar-refractivity contribution in [1.29, 1.82) is 0 Å². The van der Waals surface area contributed by atoms with E-state index < -0.39 is 0 Å². The van der Waals surface area contributed by atoms with Crippen LogP contribution in [0.4, 0.5) is 0 Å². The lowest BCUT2D eigenvalue weighted by atomic mass is 9.82. The standard InChI is InChI=1S/C12H21BO2/c1-8-9(2)10(8)7-13-14-11(3,4)12(5,6)15-13/h8H,7H2,1-6H3/t8-/m1/s1. The maximum absolute atomic E-state index is 5.96. The second-order valence-electron chi connectivity index (χ2n) is 5.82. The normalized spacial score (nSPS) is 32.4. The summed E-state index contributed by atoms with van der Waals surface area (Å²) >= 11 is 0. The highest BCUT2D eigenvalue weighted by Gasteiger charge is 2.52. The maximum Gasteiger partial charge on any atom is 0.462 e. The molecule has 2 rings (SSSR count). The van der Waals surface area contributed by atoms with E-state index >= 15 is 0 Å². The molecule has 2 aliphatic rings. The molecule has 3 heteroatoms. The first-order chi connectivity index (χ1) is 6.74. The average Bonchev–Trinajstić information content (AvgIpc) is 2.54. The van der Waals surface area contributed by atoms with Crippen LogP contribution in [0.2, 0.25) is 6.32 Å². The summed E-state index contributed by atoms with van der Waals surface area (Å²) in [5, 5.41) is 0. The van der Waals surface area contributed by atoms with Gasteiger partial charge in [0.05, 0.1) is 11.2 Å². The molecule has 2 nitrogen and oxygen atoms in total. The van der Waals surface area contributed by atoms with E-state index in [4.69, 9.17) is 9.31 Å². The quantitative estimate of drug-likeness (QED) is 0.512. The summed E-state index contributed by atoms with van der Waals surface area (Å²) in [6, 6.07) is 0. The molecule has 84 valence electrons. The fraction of sp³-hybridized carbons (Fsp3) is 0.833. The minimum absolute atomic E-state index is 0.0510. The Labute approximate surface area is 93.2 Å². The summed E-state index contributed by atoms with van der Waals surface area (Å²) in [7, 11) is -0.0510. The van der Waals surface area contributed by atoms with Crippen LogP contribution in [0, 0.1) is 5.92 Å². The van der Waals surface area contributed by atoms with Gasteiger partial charge in [-0.3, -0.25) is 0 Å². The monoisotopic (exact) mass is 208 g/mol. The molecule has 0 radical (unpaired) electrons. The topological polar surface area (TPSA) is 18.5 Å². The van der Waals surface area contributed by atoms with E-state index in [9.17, 15) is 0 Å². The van der Waals surface area contributed by atoms with Crippen LogP contribution in [0.5, 0.6) is 0 Å². The van der Waals surface area contributed by atoms with Gasteiger partial charge in [0.25, 0.3) is 0 Å². The van der Waals surface area contributed by atoms with E-state index in [-0.39, 0.29) is 18.3 Å². The Bertz CT molecular complexity index is 302. The Morgan fingerprint density at radius 1 is 1.13 bits per heavy atom. The first-order valence-corrected chi connectivity index (χ1v) is 5.80. The molecule has 0 aromatic heterocycles. The molecule has 0 spiro atoms. The van der Waals surface area contributed by atoms with Crippen LogP contribution in [0.15, 0.2) is 11.1 Å². The van der Waals surface area contributed by atoms with Crippen LogP contribution in [-0.2, 0) is 9.31 Å². The minimum Gasteiger partial charge on any atom is -0.403 e. The molecule has 0 amide bonds. The number of hydrogen-bond donors (Lipinski definition) is 0. The lowest BCUT2D eigenvalue weighted by Crippen LogP contribution is -2.41. The highest BCUT2D eigenvalue weighted by atomic mass is 16.7. The molecule has 0 aromatic carbocycles. The van der Waals surface area contributed by atoms with Gasteiger partial charge in [-0.25, -0.2) is 0 Å². The van der Waals surface area contributed by atoms with Crippen molar-refractivity contribution < 1.29 is 9.31 Å². The van der Waals surface area contributed by atoms with E-state index in [1.165, 1.54) is 11.1 Å². The summed E-state index contributed by atoms with van der Waals surface area (Å²) in [6.07, 6.45) is 0.944. The number of rotatable bonds is 2. The lowest BCUT2D eigenvalue weighted by molar-refractivity contribution is 0.00578. The van der Waals surface area contributed by atoms with Gasteiger partial charge in [-0.05, 0) is 40.5 Å². The Kier molecular flexibility index (Phi) is 2.33. The van der Waals surface area contributed by atoms with Crippen LogP contribution < -0.4 is 0 Å². The summed E-state index contributed by atoms with van der Waals surface area (Å²) in [5.74, 6) is 0.684. The lowest BCUT2D eigenvalue weighted by Gasteiger charge is -2.32. The third-order valence-corrected chi connectivity index (χ3v) is 4.28. The smallest absolute Gasteiger partial charge is 0.403 e. The molecule has 0 aromatic rings. The molecule has 1 saturated heterocycles. The predicted molar refractivity (Wildman–Crippen MR) is 62.8 cm³/mol. The maximum atomic E-state index is 5.96. The Hall–Kier alpha value is -0.275. The van der Waals surface area contributed by atoms with Gasteiger partial charge >= 0.3 is 7.12 Å². The van der Waals surface area contributed by atoms with E-state index in [0.29, 0.717) is 5.92 Å². The zero-order chi connectivity index (χ0) is 11.4. The van der Waals surface area contributed by atoms with Crippen molar-refractivity contribution in [2.45, 2.75) is 59.1 Å². The average molecular weight is 208 g/mol. The second-order valence-corrected chi connectivity index (χ2v) is 5.82. The summed E-state index contributed by atoms with van der Waals surface area (Å²) < 4.78 is 11.9. The highest BCUT2D eigenvalue weighted by molar-refractivity contribution is 6.46.